The molecule has 0 saturated carbocycles. The first kappa shape index (κ1) is 15.7. The molecule has 6 heteroatoms. The van der Waals surface area contributed by atoms with Crippen molar-refractivity contribution in [2.24, 2.45) is 0 Å². The molecule has 2 rings (SSSR count). The van der Waals surface area contributed by atoms with Crippen LogP contribution in [0, 0.1) is 17.5 Å². The number of hydrogen-bond acceptors (Lipinski definition) is 2. The highest BCUT2D eigenvalue weighted by atomic mass is 35.5. The van der Waals surface area contributed by atoms with Gasteiger partial charge in [-0.3, -0.25) is 0 Å². The molecule has 21 heavy (non-hydrogen) atoms. The van der Waals surface area contributed by atoms with Gasteiger partial charge in [0, 0.05) is 5.02 Å². The molecular formula is C15H13ClF3NO. The quantitative estimate of drug-likeness (QED) is 0.859. The van der Waals surface area contributed by atoms with Crippen LogP contribution in [-0.2, 0) is 0 Å². The highest BCUT2D eigenvalue weighted by molar-refractivity contribution is 6.31. The predicted molar refractivity (Wildman–Crippen MR) is 75.2 cm³/mol. The monoisotopic (exact) mass is 315 g/mol. The molecule has 0 aliphatic carbocycles. The average Bonchev–Trinajstić information content (AvgIpc) is 2.45. The second-order valence-corrected chi connectivity index (χ2v) is 4.81. The Labute approximate surface area is 125 Å². The van der Waals surface area contributed by atoms with Gasteiger partial charge in [-0.05, 0) is 42.4 Å². The summed E-state index contributed by atoms with van der Waals surface area (Å²) in [6.45, 7) is 0. The van der Waals surface area contributed by atoms with E-state index in [-0.39, 0.29) is 10.8 Å². The molecule has 0 radical (unpaired) electrons. The van der Waals surface area contributed by atoms with Crippen molar-refractivity contribution in [3.63, 3.8) is 0 Å². The normalized spacial score (nSPS) is 12.3. The average molecular weight is 316 g/mol. The van der Waals surface area contributed by atoms with Gasteiger partial charge >= 0.3 is 0 Å². The summed E-state index contributed by atoms with van der Waals surface area (Å²) in [4.78, 5) is 0. The maximum absolute atomic E-state index is 13.8. The third kappa shape index (κ3) is 3.14. The Morgan fingerprint density at radius 2 is 1.71 bits per heavy atom. The van der Waals surface area contributed by atoms with Crippen LogP contribution in [0.4, 0.5) is 13.2 Å². The van der Waals surface area contributed by atoms with Gasteiger partial charge in [0.1, 0.15) is 0 Å². The van der Waals surface area contributed by atoms with E-state index in [9.17, 15) is 13.2 Å². The van der Waals surface area contributed by atoms with E-state index in [0.717, 1.165) is 12.1 Å². The molecule has 2 nitrogen and oxygen atoms in total. The van der Waals surface area contributed by atoms with E-state index in [4.69, 9.17) is 16.3 Å². The molecule has 0 aromatic heterocycles. The molecule has 0 saturated heterocycles. The Kier molecular flexibility index (Phi) is 4.75. The van der Waals surface area contributed by atoms with Gasteiger partial charge in [-0.1, -0.05) is 17.7 Å². The fraction of sp³-hybridized carbons (Fsp3) is 0.200. The Morgan fingerprint density at radius 1 is 1.05 bits per heavy atom. The summed E-state index contributed by atoms with van der Waals surface area (Å²) < 4.78 is 45.2. The summed E-state index contributed by atoms with van der Waals surface area (Å²) in [7, 11) is 2.98. The van der Waals surface area contributed by atoms with Gasteiger partial charge in [0.2, 0.25) is 0 Å². The minimum absolute atomic E-state index is 0.0597. The van der Waals surface area contributed by atoms with Crippen molar-refractivity contribution in [3.05, 3.63) is 63.9 Å². The van der Waals surface area contributed by atoms with Crippen LogP contribution in [0.5, 0.6) is 5.75 Å². The van der Waals surface area contributed by atoms with Crippen molar-refractivity contribution in [2.45, 2.75) is 6.04 Å². The topological polar surface area (TPSA) is 21.3 Å². The minimum Gasteiger partial charge on any atom is -0.494 e. The van der Waals surface area contributed by atoms with E-state index in [2.05, 4.69) is 5.32 Å². The summed E-state index contributed by atoms with van der Waals surface area (Å²) >= 11 is 5.96. The molecule has 2 aromatic carbocycles. The van der Waals surface area contributed by atoms with Crippen LogP contribution in [0.3, 0.4) is 0 Å². The fourth-order valence-electron chi connectivity index (χ4n) is 2.12. The van der Waals surface area contributed by atoms with E-state index in [1.165, 1.54) is 19.2 Å². The minimum atomic E-state index is -1.03. The zero-order chi connectivity index (χ0) is 15.6. The second-order valence-electron chi connectivity index (χ2n) is 4.40. The first-order valence-electron chi connectivity index (χ1n) is 6.13. The van der Waals surface area contributed by atoms with Crippen LogP contribution in [0.2, 0.25) is 5.02 Å². The number of rotatable bonds is 4. The van der Waals surface area contributed by atoms with Crippen molar-refractivity contribution in [3.8, 4) is 5.75 Å². The molecule has 0 aliphatic heterocycles. The Bertz CT molecular complexity index is 664. The van der Waals surface area contributed by atoms with Crippen LogP contribution < -0.4 is 10.1 Å². The fourth-order valence-corrected chi connectivity index (χ4v) is 2.38. The Morgan fingerprint density at radius 3 is 2.29 bits per heavy atom. The molecule has 0 amide bonds. The van der Waals surface area contributed by atoms with Gasteiger partial charge in [-0.25, -0.2) is 13.2 Å². The smallest absolute Gasteiger partial charge is 0.165 e. The summed E-state index contributed by atoms with van der Waals surface area (Å²) in [5.74, 6) is -2.48. The molecule has 0 bridgehead atoms. The standard InChI is InChI=1S/C15H13ClF3NO/c1-20-15(8-3-4-14(21-2)13(19)5-8)9-6-11(17)12(18)7-10(9)16/h3-7,15,20H,1-2H3. The second kappa shape index (κ2) is 6.37. The molecule has 0 spiro atoms. The number of nitrogens with one attached hydrogen (secondary N) is 1. The lowest BCUT2D eigenvalue weighted by Gasteiger charge is -2.19. The number of benzene rings is 2. The third-order valence-electron chi connectivity index (χ3n) is 3.15. The van der Waals surface area contributed by atoms with Crippen LogP contribution in [-0.4, -0.2) is 14.2 Å². The number of methoxy groups -OCH3 is 1. The van der Waals surface area contributed by atoms with Crippen molar-refractivity contribution in [1.82, 2.24) is 5.32 Å². The number of ether oxygens (including phenoxy) is 1. The highest BCUT2D eigenvalue weighted by Gasteiger charge is 2.19. The lowest BCUT2D eigenvalue weighted by molar-refractivity contribution is 0.386. The van der Waals surface area contributed by atoms with E-state index in [1.54, 1.807) is 13.1 Å². The summed E-state index contributed by atoms with van der Waals surface area (Å²) in [6, 6.07) is 5.67. The zero-order valence-electron chi connectivity index (χ0n) is 11.4. The van der Waals surface area contributed by atoms with Crippen molar-refractivity contribution >= 4 is 11.6 Å². The van der Waals surface area contributed by atoms with Crippen LogP contribution in [0.1, 0.15) is 17.2 Å². The van der Waals surface area contributed by atoms with Crippen LogP contribution >= 0.6 is 11.6 Å². The maximum atomic E-state index is 13.8. The molecule has 2 aromatic rings. The van der Waals surface area contributed by atoms with Crippen molar-refractivity contribution < 1.29 is 17.9 Å². The van der Waals surface area contributed by atoms with Gasteiger partial charge in [-0.2, -0.15) is 0 Å². The molecular weight excluding hydrogens is 303 g/mol. The molecule has 1 unspecified atom stereocenters. The lowest BCUT2D eigenvalue weighted by atomic mass is 9.98. The highest BCUT2D eigenvalue weighted by Crippen LogP contribution is 2.31. The lowest BCUT2D eigenvalue weighted by Crippen LogP contribution is -2.18. The largest absolute Gasteiger partial charge is 0.494 e. The van der Waals surface area contributed by atoms with E-state index >= 15 is 0 Å². The van der Waals surface area contributed by atoms with Gasteiger partial charge < -0.3 is 10.1 Å². The summed E-state index contributed by atoms with van der Waals surface area (Å²) in [6.07, 6.45) is 0. The molecule has 1 N–H and O–H groups in total. The Hall–Kier alpha value is -1.72. The molecule has 0 aliphatic rings. The summed E-state index contributed by atoms with van der Waals surface area (Å²) in [5, 5.41) is 2.97. The molecule has 112 valence electrons. The Balaban J connectivity index is 2.49. The number of halogens is 4. The van der Waals surface area contributed by atoms with E-state index in [0.29, 0.717) is 11.1 Å². The van der Waals surface area contributed by atoms with Gasteiger partial charge in [0.25, 0.3) is 0 Å². The zero-order valence-corrected chi connectivity index (χ0v) is 12.1. The third-order valence-corrected chi connectivity index (χ3v) is 3.48. The van der Waals surface area contributed by atoms with Crippen LogP contribution in [0.25, 0.3) is 0 Å². The first-order valence-corrected chi connectivity index (χ1v) is 6.51. The first-order chi connectivity index (χ1) is 9.97. The predicted octanol–water partition coefficient (Wildman–Crippen LogP) is 4.07. The van der Waals surface area contributed by atoms with Crippen LogP contribution in [0.15, 0.2) is 30.3 Å². The van der Waals surface area contributed by atoms with Gasteiger partial charge in [0.05, 0.1) is 13.2 Å². The molecule has 0 fully saturated rings. The van der Waals surface area contributed by atoms with E-state index < -0.39 is 23.5 Å². The molecule has 1 atom stereocenters. The van der Waals surface area contributed by atoms with Crippen molar-refractivity contribution in [2.75, 3.05) is 14.2 Å². The van der Waals surface area contributed by atoms with Crippen molar-refractivity contribution in [1.29, 1.82) is 0 Å². The summed E-state index contributed by atoms with van der Waals surface area (Å²) in [5.41, 5.74) is 0.839. The maximum Gasteiger partial charge on any atom is 0.165 e. The number of hydrogen-bond donors (Lipinski definition) is 1. The van der Waals surface area contributed by atoms with Gasteiger partial charge in [-0.15, -0.1) is 0 Å². The van der Waals surface area contributed by atoms with E-state index in [1.807, 2.05) is 0 Å². The SMILES string of the molecule is CNC(c1ccc(OC)c(F)c1)c1cc(F)c(F)cc1Cl. The van der Waals surface area contributed by atoms with Gasteiger partial charge in [0.15, 0.2) is 23.2 Å². The molecule has 0 heterocycles.